The van der Waals surface area contributed by atoms with Crippen LogP contribution in [0.15, 0.2) is 60.7 Å². The van der Waals surface area contributed by atoms with Crippen LogP contribution in [0.2, 0.25) is 0 Å². The first-order chi connectivity index (χ1) is 16.2. The minimum absolute atomic E-state index is 0.00334. The molecule has 1 amide bonds. The molecule has 1 aromatic heterocycles. The Labute approximate surface area is 191 Å². The number of benzene rings is 2. The molecule has 1 fully saturated rings. The van der Waals surface area contributed by atoms with Gasteiger partial charge in [-0.15, -0.1) is 0 Å². The number of aromatic nitrogens is 1. The number of hydrogen-bond donors (Lipinski definition) is 0. The Kier molecular flexibility index (Phi) is 5.26. The molecule has 0 unspecified atom stereocenters. The smallest absolute Gasteiger partial charge is 0.431 e. The van der Waals surface area contributed by atoms with Gasteiger partial charge >= 0.3 is 12.8 Å². The molecule has 0 atom stereocenters. The number of fused-ring (bicyclic) bond motifs is 4. The van der Waals surface area contributed by atoms with Crippen LogP contribution in [0.4, 0.5) is 22.0 Å². The number of ether oxygens (including phenoxy) is 2. The first kappa shape index (κ1) is 22.2. The molecule has 0 bridgehead atoms. The standard InChI is InChI=1S/C24H19F5N2O3/c25-22(26)33-17-7-3-1-5-15(17)21(32)30-13-11-23(12-14-30)19-9-10-20(24(27,28)29)31(19)16-6-2-4-8-18(16)34-23/h1-10,22H,11-14H2. The number of hydrogen-bond acceptors (Lipinski definition) is 3. The third kappa shape index (κ3) is 3.66. The van der Waals surface area contributed by atoms with E-state index in [2.05, 4.69) is 4.74 Å². The summed E-state index contributed by atoms with van der Waals surface area (Å²) in [7, 11) is 0. The van der Waals surface area contributed by atoms with Crippen molar-refractivity contribution in [3.63, 3.8) is 0 Å². The first-order valence-electron chi connectivity index (χ1n) is 10.6. The number of alkyl halides is 5. The molecule has 5 rings (SSSR count). The van der Waals surface area contributed by atoms with E-state index in [1.54, 1.807) is 30.3 Å². The minimum atomic E-state index is -4.56. The summed E-state index contributed by atoms with van der Waals surface area (Å²) in [6, 6.07) is 14.7. The second-order valence-corrected chi connectivity index (χ2v) is 8.17. The van der Waals surface area contributed by atoms with Crippen molar-refractivity contribution in [3.05, 3.63) is 77.6 Å². The van der Waals surface area contributed by atoms with Gasteiger partial charge in [0.2, 0.25) is 0 Å². The summed E-state index contributed by atoms with van der Waals surface area (Å²) >= 11 is 0. The molecule has 0 aliphatic carbocycles. The molecule has 1 spiro atoms. The zero-order chi connectivity index (χ0) is 24.1. The summed E-state index contributed by atoms with van der Waals surface area (Å²) < 4.78 is 78.7. The molecule has 0 N–H and O–H groups in total. The van der Waals surface area contributed by atoms with E-state index in [-0.39, 0.29) is 37.2 Å². The zero-order valence-corrected chi connectivity index (χ0v) is 17.7. The van der Waals surface area contributed by atoms with Crippen molar-refractivity contribution in [1.29, 1.82) is 0 Å². The molecule has 34 heavy (non-hydrogen) atoms. The van der Waals surface area contributed by atoms with E-state index < -0.39 is 30.0 Å². The number of carbonyl (C=O) groups excluding carboxylic acids is 1. The van der Waals surface area contributed by atoms with Crippen LogP contribution in [0, 0.1) is 0 Å². The van der Waals surface area contributed by atoms with Crippen molar-refractivity contribution in [2.75, 3.05) is 13.1 Å². The minimum Gasteiger partial charge on any atom is -0.479 e. The Morgan fingerprint density at radius 2 is 1.65 bits per heavy atom. The van der Waals surface area contributed by atoms with Crippen LogP contribution in [0.1, 0.15) is 34.6 Å². The number of nitrogens with zero attached hydrogens (tertiary/aromatic N) is 2. The number of rotatable bonds is 3. The van der Waals surface area contributed by atoms with Crippen molar-refractivity contribution >= 4 is 5.91 Å². The fourth-order valence-corrected chi connectivity index (χ4v) is 4.71. The van der Waals surface area contributed by atoms with Crippen molar-refractivity contribution in [2.24, 2.45) is 0 Å². The highest BCUT2D eigenvalue weighted by atomic mass is 19.4. The topological polar surface area (TPSA) is 43.7 Å². The maximum Gasteiger partial charge on any atom is 0.431 e. The van der Waals surface area contributed by atoms with Gasteiger partial charge < -0.3 is 18.9 Å². The number of amides is 1. The second-order valence-electron chi connectivity index (χ2n) is 8.17. The van der Waals surface area contributed by atoms with E-state index in [0.717, 1.165) is 6.07 Å². The highest BCUT2D eigenvalue weighted by molar-refractivity contribution is 5.97. The average Bonchev–Trinajstić information content (AvgIpc) is 3.27. The van der Waals surface area contributed by atoms with Crippen LogP contribution >= 0.6 is 0 Å². The van der Waals surface area contributed by atoms with Gasteiger partial charge in [-0.3, -0.25) is 4.79 Å². The maximum atomic E-state index is 13.8. The molecule has 2 aliphatic heterocycles. The van der Waals surface area contributed by atoms with Gasteiger partial charge in [0, 0.05) is 25.9 Å². The predicted molar refractivity (Wildman–Crippen MR) is 111 cm³/mol. The van der Waals surface area contributed by atoms with Crippen LogP contribution in [0.3, 0.4) is 0 Å². The molecule has 5 nitrogen and oxygen atoms in total. The molecule has 10 heteroatoms. The van der Waals surface area contributed by atoms with Crippen molar-refractivity contribution < 1.29 is 36.2 Å². The third-order valence-corrected chi connectivity index (χ3v) is 6.24. The van der Waals surface area contributed by atoms with Crippen molar-refractivity contribution in [1.82, 2.24) is 9.47 Å². The van der Waals surface area contributed by atoms with E-state index in [0.29, 0.717) is 17.1 Å². The molecule has 3 heterocycles. The quantitative estimate of drug-likeness (QED) is 0.459. The Morgan fingerprint density at radius 1 is 0.971 bits per heavy atom. The Balaban J connectivity index is 1.45. The summed E-state index contributed by atoms with van der Waals surface area (Å²) in [5, 5.41) is 0. The van der Waals surface area contributed by atoms with Crippen LogP contribution in [0.25, 0.3) is 5.69 Å². The molecular formula is C24H19F5N2O3. The molecule has 1 saturated heterocycles. The largest absolute Gasteiger partial charge is 0.479 e. The molecule has 2 aliphatic rings. The van der Waals surface area contributed by atoms with Crippen LogP contribution in [-0.4, -0.2) is 35.1 Å². The van der Waals surface area contributed by atoms with Gasteiger partial charge in [-0.1, -0.05) is 24.3 Å². The summed E-state index contributed by atoms with van der Waals surface area (Å²) in [5.74, 6) is -0.393. The van der Waals surface area contributed by atoms with Crippen molar-refractivity contribution in [3.8, 4) is 17.2 Å². The fourth-order valence-electron chi connectivity index (χ4n) is 4.71. The molecular weight excluding hydrogens is 459 g/mol. The van der Waals surface area contributed by atoms with E-state index in [1.165, 1.54) is 33.7 Å². The maximum absolute atomic E-state index is 13.8. The summed E-state index contributed by atoms with van der Waals surface area (Å²) in [6.07, 6.45) is -4.10. The van der Waals surface area contributed by atoms with Gasteiger partial charge in [0.25, 0.3) is 5.91 Å². The molecule has 3 aromatic rings. The summed E-state index contributed by atoms with van der Waals surface area (Å²) in [4.78, 5) is 14.5. The fraction of sp³-hybridized carbons (Fsp3) is 0.292. The van der Waals surface area contributed by atoms with E-state index >= 15 is 0 Å². The van der Waals surface area contributed by atoms with Gasteiger partial charge in [-0.05, 0) is 36.4 Å². The Morgan fingerprint density at radius 3 is 2.35 bits per heavy atom. The highest BCUT2D eigenvalue weighted by Crippen LogP contribution is 2.48. The lowest BCUT2D eigenvalue weighted by Gasteiger charge is -2.45. The molecule has 178 valence electrons. The number of piperidine rings is 1. The SMILES string of the molecule is O=C(c1ccccc1OC(F)F)N1CCC2(CC1)Oc1ccccc1-n1c(C(F)(F)F)ccc12. The van der Waals surface area contributed by atoms with Gasteiger partial charge in [0.05, 0.1) is 16.9 Å². The predicted octanol–water partition coefficient (Wildman–Crippen LogP) is 5.62. The lowest BCUT2D eigenvalue weighted by atomic mass is 9.86. The number of carbonyl (C=O) groups is 1. The molecule has 2 aromatic carbocycles. The van der Waals surface area contributed by atoms with Gasteiger partial charge in [0.15, 0.2) is 5.60 Å². The number of para-hydroxylation sites is 3. The summed E-state index contributed by atoms with van der Waals surface area (Å²) in [5.41, 5.74) is -1.19. The van der Waals surface area contributed by atoms with Crippen molar-refractivity contribution in [2.45, 2.75) is 31.2 Å². The van der Waals surface area contributed by atoms with Gasteiger partial charge in [-0.25, -0.2) is 0 Å². The third-order valence-electron chi connectivity index (χ3n) is 6.24. The monoisotopic (exact) mass is 478 g/mol. The normalized spacial score (nSPS) is 16.7. The Hall–Kier alpha value is -3.56. The lowest BCUT2D eigenvalue weighted by Crippen LogP contribution is -2.50. The van der Waals surface area contributed by atoms with Gasteiger partial charge in [-0.2, -0.15) is 22.0 Å². The second kappa shape index (κ2) is 8.03. The van der Waals surface area contributed by atoms with Gasteiger partial charge in [0.1, 0.15) is 17.2 Å². The van der Waals surface area contributed by atoms with E-state index in [1.807, 2.05) is 0 Å². The molecule has 0 radical (unpaired) electrons. The Bertz CT molecular complexity index is 1230. The van der Waals surface area contributed by atoms with Crippen LogP contribution in [0.5, 0.6) is 11.5 Å². The van der Waals surface area contributed by atoms with E-state index in [4.69, 9.17) is 4.74 Å². The number of halogens is 5. The van der Waals surface area contributed by atoms with Crippen LogP contribution in [-0.2, 0) is 11.8 Å². The summed E-state index contributed by atoms with van der Waals surface area (Å²) in [6.45, 7) is -2.75. The zero-order valence-electron chi connectivity index (χ0n) is 17.7. The first-order valence-corrected chi connectivity index (χ1v) is 10.6. The highest BCUT2D eigenvalue weighted by Gasteiger charge is 2.48. The van der Waals surface area contributed by atoms with E-state index in [9.17, 15) is 26.7 Å². The molecule has 0 saturated carbocycles. The average molecular weight is 478 g/mol. The van der Waals surface area contributed by atoms with Crippen LogP contribution < -0.4 is 9.47 Å². The number of likely N-dealkylation sites (tertiary alicyclic amines) is 1. The lowest BCUT2D eigenvalue weighted by molar-refractivity contribution is -0.143.